The van der Waals surface area contributed by atoms with Crippen molar-refractivity contribution in [3.63, 3.8) is 0 Å². The first kappa shape index (κ1) is 29.1. The van der Waals surface area contributed by atoms with E-state index in [0.717, 1.165) is 68.4 Å². The molecule has 4 aliphatic rings. The van der Waals surface area contributed by atoms with Gasteiger partial charge >= 0.3 is 17.9 Å². The molecule has 1 spiro atoms. The molecule has 0 aromatic rings. The number of halogens is 4. The molecule has 7 nitrogen and oxygen atoms in total. The topological polar surface area (TPSA) is 107 Å². The van der Waals surface area contributed by atoms with Crippen LogP contribution in [0.1, 0.15) is 57.8 Å². The number of alkyl halides is 2. The smallest absolute Gasteiger partial charge is 0.312 e. The van der Waals surface area contributed by atoms with E-state index in [1.54, 1.807) is 0 Å². The van der Waals surface area contributed by atoms with E-state index in [1.165, 1.54) is 7.11 Å². The Morgan fingerprint density at radius 1 is 1.03 bits per heavy atom. The Balaban J connectivity index is 0.000000215. The van der Waals surface area contributed by atoms with E-state index in [2.05, 4.69) is 58.0 Å². The molecular formula is C19H28Br2Cl2O7S. The molecule has 180 valence electrons. The Hall–Kier alpha value is 0.1000. The molecule has 0 aromatic heterocycles. The lowest BCUT2D eigenvalue weighted by molar-refractivity contribution is -0.147. The molecule has 0 amide bonds. The van der Waals surface area contributed by atoms with Crippen LogP contribution in [0.5, 0.6) is 0 Å². The summed E-state index contributed by atoms with van der Waals surface area (Å²) in [5.41, 5.74) is -0.387. The lowest BCUT2D eigenvalue weighted by Gasteiger charge is -2.08. The number of rotatable bonds is 6. The molecule has 31 heavy (non-hydrogen) atoms. The first-order chi connectivity index (χ1) is 14.5. The number of hydrogen-bond acceptors (Lipinski definition) is 6. The first-order valence-electron chi connectivity index (χ1n) is 9.88. The summed E-state index contributed by atoms with van der Waals surface area (Å²) in [5, 5.41) is 10.3. The molecule has 3 aliphatic carbocycles. The number of carboxylic acid groups (broad SMARTS) is 1. The first-order valence-corrected chi connectivity index (χ1v) is 14.9. The van der Waals surface area contributed by atoms with Crippen molar-refractivity contribution in [3.05, 3.63) is 0 Å². The highest BCUT2D eigenvalue weighted by Crippen LogP contribution is 2.52. The van der Waals surface area contributed by atoms with Crippen molar-refractivity contribution in [1.82, 2.24) is 0 Å². The highest BCUT2D eigenvalue weighted by Gasteiger charge is 2.54. The fourth-order valence-corrected chi connectivity index (χ4v) is 4.72. The van der Waals surface area contributed by atoms with Gasteiger partial charge in [-0.2, -0.15) is 0 Å². The van der Waals surface area contributed by atoms with Gasteiger partial charge in [-0.15, -0.1) is 0 Å². The van der Waals surface area contributed by atoms with E-state index < -0.39 is 15.2 Å². The average molecular weight is 631 g/mol. The van der Waals surface area contributed by atoms with E-state index >= 15 is 0 Å². The minimum atomic E-state index is -1.67. The van der Waals surface area contributed by atoms with Crippen LogP contribution in [0.15, 0.2) is 0 Å². The summed E-state index contributed by atoms with van der Waals surface area (Å²) in [7, 11) is 8.81. The normalized spacial score (nSPS) is 21.8. The lowest BCUT2D eigenvalue weighted by Crippen LogP contribution is -2.17. The van der Waals surface area contributed by atoms with Gasteiger partial charge in [0.2, 0.25) is 9.23 Å². The van der Waals surface area contributed by atoms with Gasteiger partial charge in [-0.3, -0.25) is 14.4 Å². The van der Waals surface area contributed by atoms with Crippen molar-refractivity contribution in [2.24, 2.45) is 16.2 Å². The van der Waals surface area contributed by atoms with Crippen LogP contribution in [0.25, 0.3) is 0 Å². The maximum absolute atomic E-state index is 11.0. The van der Waals surface area contributed by atoms with Crippen LogP contribution < -0.4 is 0 Å². The van der Waals surface area contributed by atoms with E-state index in [-0.39, 0.29) is 28.2 Å². The number of esters is 2. The fourth-order valence-electron chi connectivity index (χ4n) is 3.21. The Bertz CT molecular complexity index is 662. The van der Waals surface area contributed by atoms with Gasteiger partial charge in [-0.25, -0.2) is 4.21 Å². The van der Waals surface area contributed by atoms with Crippen molar-refractivity contribution in [2.75, 3.05) is 24.4 Å². The minimum Gasteiger partial charge on any atom is -0.481 e. The largest absolute Gasteiger partial charge is 0.481 e. The maximum Gasteiger partial charge on any atom is 0.312 e. The van der Waals surface area contributed by atoms with E-state index in [1.807, 2.05) is 0 Å². The molecule has 0 atom stereocenters. The van der Waals surface area contributed by atoms with Gasteiger partial charge in [-0.1, -0.05) is 31.9 Å². The van der Waals surface area contributed by atoms with Crippen molar-refractivity contribution in [2.45, 2.75) is 57.8 Å². The molecular weight excluding hydrogens is 603 g/mol. The second-order valence-electron chi connectivity index (χ2n) is 8.09. The second kappa shape index (κ2) is 13.1. The highest BCUT2D eigenvalue weighted by molar-refractivity contribution is 9.09. The molecule has 1 saturated heterocycles. The predicted molar refractivity (Wildman–Crippen MR) is 127 cm³/mol. The Morgan fingerprint density at radius 3 is 1.68 bits per heavy atom. The van der Waals surface area contributed by atoms with Crippen molar-refractivity contribution >= 4 is 80.4 Å². The zero-order valence-electron chi connectivity index (χ0n) is 17.3. The van der Waals surface area contributed by atoms with E-state index in [0.29, 0.717) is 6.61 Å². The quantitative estimate of drug-likeness (QED) is 0.247. The number of ether oxygens (including phenoxy) is 2. The monoisotopic (exact) mass is 628 g/mol. The molecule has 0 radical (unpaired) electrons. The fraction of sp³-hybridized carbons (Fsp3) is 0.842. The van der Waals surface area contributed by atoms with Gasteiger partial charge in [0.05, 0.1) is 30.0 Å². The lowest BCUT2D eigenvalue weighted by atomic mass is 10.1. The van der Waals surface area contributed by atoms with Crippen molar-refractivity contribution < 1.29 is 33.2 Å². The van der Waals surface area contributed by atoms with Gasteiger partial charge in [0.1, 0.15) is 0 Å². The molecule has 1 heterocycles. The van der Waals surface area contributed by atoms with Crippen molar-refractivity contribution in [1.29, 1.82) is 0 Å². The van der Waals surface area contributed by atoms with Crippen LogP contribution in [-0.2, 0) is 33.1 Å². The summed E-state index contributed by atoms with van der Waals surface area (Å²) in [6.45, 7) is 0.666. The Morgan fingerprint density at radius 2 is 1.48 bits per heavy atom. The molecule has 12 heteroatoms. The highest BCUT2D eigenvalue weighted by atomic mass is 79.9. The molecule has 4 rings (SSSR count). The molecule has 0 unspecified atom stereocenters. The van der Waals surface area contributed by atoms with Crippen LogP contribution in [0.2, 0.25) is 0 Å². The molecule has 3 saturated carbocycles. The third kappa shape index (κ3) is 9.47. The standard InChI is InChI=1S/C7H11BrO2.C6H9BrO2.C6H8O2.Cl2OS/c1-10-6(9)7(2-3-7)4-5-8;7-4-3-6(1-2-6)5(8)9;7-5-6(1-2-6)3-4-8-5;1-4(2)3/h2-5H2,1H3;1-4H2,(H,8,9);1-4H2;. The summed E-state index contributed by atoms with van der Waals surface area (Å²) in [6.07, 6.45) is 8.57. The number of methoxy groups -OCH3 is 1. The third-order valence-corrected chi connectivity index (χ3v) is 6.82. The van der Waals surface area contributed by atoms with Crippen LogP contribution in [0, 0.1) is 16.2 Å². The molecule has 4 fully saturated rings. The van der Waals surface area contributed by atoms with Crippen LogP contribution in [-0.4, -0.2) is 51.6 Å². The maximum atomic E-state index is 11.0. The number of carbonyl (C=O) groups excluding carboxylic acids is 2. The van der Waals surface area contributed by atoms with Crippen molar-refractivity contribution in [3.8, 4) is 0 Å². The summed E-state index contributed by atoms with van der Waals surface area (Å²) >= 11 is 6.55. The van der Waals surface area contributed by atoms with Gasteiger partial charge in [-0.05, 0) is 57.8 Å². The van der Waals surface area contributed by atoms with E-state index in [9.17, 15) is 14.4 Å². The zero-order chi connectivity index (χ0) is 23.7. The minimum absolute atomic E-state index is 0.0352. The predicted octanol–water partition coefficient (Wildman–Crippen LogP) is 5.12. The van der Waals surface area contributed by atoms with Gasteiger partial charge in [0, 0.05) is 32.0 Å². The molecule has 1 aliphatic heterocycles. The van der Waals surface area contributed by atoms with Gasteiger partial charge in [0.25, 0.3) is 0 Å². The number of cyclic esters (lactones) is 1. The van der Waals surface area contributed by atoms with Crippen LogP contribution >= 0.6 is 53.2 Å². The molecule has 0 bridgehead atoms. The summed E-state index contributed by atoms with van der Waals surface area (Å²) < 4.78 is 18.5. The van der Waals surface area contributed by atoms with Crippen LogP contribution in [0.4, 0.5) is 0 Å². The van der Waals surface area contributed by atoms with Gasteiger partial charge in [0.15, 0.2) is 0 Å². The molecule has 1 N–H and O–H groups in total. The molecule has 0 aromatic carbocycles. The summed E-state index contributed by atoms with van der Waals surface area (Å²) in [5.74, 6) is -0.605. The average Bonchev–Trinajstić information content (AvgIpc) is 3.57. The number of aliphatic carboxylic acids is 1. The number of carboxylic acids is 1. The number of carbonyl (C=O) groups is 3. The van der Waals surface area contributed by atoms with Gasteiger partial charge < -0.3 is 14.6 Å². The zero-order valence-corrected chi connectivity index (χ0v) is 22.8. The second-order valence-corrected chi connectivity index (χ2v) is 12.2. The summed E-state index contributed by atoms with van der Waals surface area (Å²) in [6, 6.07) is 0. The van der Waals surface area contributed by atoms with Crippen LogP contribution in [0.3, 0.4) is 0 Å². The Kier molecular flexibility index (Phi) is 12.3. The van der Waals surface area contributed by atoms with E-state index in [4.69, 9.17) is 14.1 Å². The third-order valence-electron chi connectivity index (χ3n) is 6.03. The summed E-state index contributed by atoms with van der Waals surface area (Å²) in [4.78, 5) is 32.2. The Labute approximate surface area is 211 Å². The SMILES string of the molecule is COC(=O)C1(CCBr)CC1.O=C(O)C1(CCBr)CC1.O=C1OCCC12CC2.O=S(Cl)Cl. The number of hydrogen-bond donors (Lipinski definition) is 1.